The maximum Gasteiger partial charge on any atom is 0.292 e. The SMILES string of the molecule is CC(N)C(=O)N1CCN(c2ccccc2[N+](=O)[O-])CC1.Cl. The Hall–Kier alpha value is -1.86. The van der Waals surface area contributed by atoms with E-state index >= 15 is 0 Å². The lowest BCUT2D eigenvalue weighted by Crippen LogP contribution is -2.52. The normalized spacial score (nSPS) is 16.1. The standard InChI is InChI=1S/C13H18N4O3.ClH/c1-10(14)13(18)16-8-6-15(7-9-16)11-4-2-3-5-12(11)17(19)20;/h2-5,10H,6-9,14H2,1H3;1H. The Morgan fingerprint density at radius 3 is 2.38 bits per heavy atom. The third kappa shape index (κ3) is 3.83. The summed E-state index contributed by atoms with van der Waals surface area (Å²) in [6.45, 7) is 3.88. The van der Waals surface area contributed by atoms with Crippen LogP contribution in [-0.4, -0.2) is 48.0 Å². The van der Waals surface area contributed by atoms with Gasteiger partial charge in [0.1, 0.15) is 5.69 Å². The quantitative estimate of drug-likeness (QED) is 0.664. The highest BCUT2D eigenvalue weighted by atomic mass is 35.5. The summed E-state index contributed by atoms with van der Waals surface area (Å²) in [4.78, 5) is 26.1. The summed E-state index contributed by atoms with van der Waals surface area (Å²) in [5.41, 5.74) is 6.28. The van der Waals surface area contributed by atoms with E-state index in [2.05, 4.69) is 0 Å². The van der Waals surface area contributed by atoms with Gasteiger partial charge in [-0.3, -0.25) is 14.9 Å². The summed E-state index contributed by atoms with van der Waals surface area (Å²) < 4.78 is 0. The molecule has 2 N–H and O–H groups in total. The zero-order chi connectivity index (χ0) is 14.7. The minimum atomic E-state index is -0.507. The fourth-order valence-electron chi connectivity index (χ4n) is 2.34. The summed E-state index contributed by atoms with van der Waals surface area (Å²) in [6, 6.07) is 6.16. The average Bonchev–Trinajstić information content (AvgIpc) is 2.46. The zero-order valence-corrected chi connectivity index (χ0v) is 12.6. The lowest BCUT2D eigenvalue weighted by molar-refractivity contribution is -0.384. The molecular weight excluding hydrogens is 296 g/mol. The number of carbonyl (C=O) groups excluding carboxylic acids is 1. The Morgan fingerprint density at radius 2 is 1.86 bits per heavy atom. The number of anilines is 1. The van der Waals surface area contributed by atoms with Crippen LogP contribution in [0.5, 0.6) is 0 Å². The van der Waals surface area contributed by atoms with E-state index in [4.69, 9.17) is 5.73 Å². The molecule has 0 radical (unpaired) electrons. The highest BCUT2D eigenvalue weighted by molar-refractivity contribution is 5.85. The lowest BCUT2D eigenvalue weighted by Gasteiger charge is -2.36. The number of nitrogens with zero attached hydrogens (tertiary/aromatic N) is 3. The highest BCUT2D eigenvalue weighted by Gasteiger charge is 2.26. The molecule has 1 aliphatic rings. The highest BCUT2D eigenvalue weighted by Crippen LogP contribution is 2.28. The Labute approximate surface area is 129 Å². The third-order valence-corrected chi connectivity index (χ3v) is 3.40. The van der Waals surface area contributed by atoms with Crippen molar-refractivity contribution in [3.8, 4) is 0 Å². The predicted molar refractivity (Wildman–Crippen MR) is 82.8 cm³/mol. The van der Waals surface area contributed by atoms with Gasteiger partial charge in [-0.2, -0.15) is 0 Å². The largest absolute Gasteiger partial charge is 0.362 e. The van der Waals surface area contributed by atoms with Crippen molar-refractivity contribution in [1.82, 2.24) is 4.90 Å². The van der Waals surface area contributed by atoms with Gasteiger partial charge in [0.05, 0.1) is 11.0 Å². The second-order valence-electron chi connectivity index (χ2n) is 4.85. The summed E-state index contributed by atoms with van der Waals surface area (Å²) in [6.07, 6.45) is 0. The number of nitro benzene ring substituents is 1. The zero-order valence-electron chi connectivity index (χ0n) is 11.8. The summed E-state index contributed by atoms with van der Waals surface area (Å²) in [5, 5.41) is 11.0. The van der Waals surface area contributed by atoms with E-state index in [9.17, 15) is 14.9 Å². The summed E-state index contributed by atoms with van der Waals surface area (Å²) in [5.74, 6) is -0.0767. The van der Waals surface area contributed by atoms with Crippen molar-refractivity contribution in [2.24, 2.45) is 5.73 Å². The molecule has 21 heavy (non-hydrogen) atoms. The second kappa shape index (κ2) is 7.24. The molecule has 1 unspecified atom stereocenters. The molecule has 1 saturated heterocycles. The van der Waals surface area contributed by atoms with Gasteiger partial charge in [0.25, 0.3) is 5.69 Å². The smallest absolute Gasteiger partial charge is 0.292 e. The van der Waals surface area contributed by atoms with Crippen molar-refractivity contribution < 1.29 is 9.72 Å². The van der Waals surface area contributed by atoms with Crippen LogP contribution in [0.25, 0.3) is 0 Å². The first kappa shape index (κ1) is 17.2. The lowest BCUT2D eigenvalue weighted by atomic mass is 10.2. The number of halogens is 1. The Kier molecular flexibility index (Phi) is 5.92. The summed E-state index contributed by atoms with van der Waals surface area (Å²) in [7, 11) is 0. The first-order valence-corrected chi connectivity index (χ1v) is 6.53. The molecule has 1 fully saturated rings. The Morgan fingerprint density at radius 1 is 1.29 bits per heavy atom. The van der Waals surface area contributed by atoms with Gasteiger partial charge in [-0.25, -0.2) is 0 Å². The van der Waals surface area contributed by atoms with Crippen LogP contribution in [-0.2, 0) is 4.79 Å². The number of amides is 1. The van der Waals surface area contributed by atoms with Gasteiger partial charge >= 0.3 is 0 Å². The molecule has 2 rings (SSSR count). The van der Waals surface area contributed by atoms with Crippen LogP contribution in [0.4, 0.5) is 11.4 Å². The van der Waals surface area contributed by atoms with Gasteiger partial charge in [0.15, 0.2) is 0 Å². The van der Waals surface area contributed by atoms with E-state index in [1.165, 1.54) is 6.07 Å². The fourth-order valence-corrected chi connectivity index (χ4v) is 2.34. The van der Waals surface area contributed by atoms with E-state index in [1.807, 2.05) is 4.90 Å². The molecule has 0 bridgehead atoms. The predicted octanol–water partition coefficient (Wildman–Crippen LogP) is 1.01. The molecule has 0 spiro atoms. The number of benzene rings is 1. The molecule has 0 saturated carbocycles. The van der Waals surface area contributed by atoms with Crippen LogP contribution >= 0.6 is 12.4 Å². The topological polar surface area (TPSA) is 92.7 Å². The van der Waals surface area contributed by atoms with Crippen molar-refractivity contribution >= 4 is 29.7 Å². The van der Waals surface area contributed by atoms with Crippen LogP contribution in [0.3, 0.4) is 0 Å². The number of nitro groups is 1. The van der Waals surface area contributed by atoms with Crippen LogP contribution in [0.15, 0.2) is 24.3 Å². The number of para-hydroxylation sites is 2. The van der Waals surface area contributed by atoms with Crippen molar-refractivity contribution in [3.05, 3.63) is 34.4 Å². The molecule has 1 amide bonds. The Balaban J connectivity index is 0.00000220. The van der Waals surface area contributed by atoms with Crippen molar-refractivity contribution in [1.29, 1.82) is 0 Å². The molecular formula is C13H19ClN4O3. The molecule has 7 nitrogen and oxygen atoms in total. The van der Waals surface area contributed by atoms with Gasteiger partial charge in [-0.1, -0.05) is 12.1 Å². The molecule has 0 aromatic heterocycles. The molecule has 1 aliphatic heterocycles. The van der Waals surface area contributed by atoms with Gasteiger partial charge in [-0.15, -0.1) is 12.4 Å². The van der Waals surface area contributed by atoms with E-state index < -0.39 is 6.04 Å². The van der Waals surface area contributed by atoms with Crippen LogP contribution in [0.2, 0.25) is 0 Å². The maximum absolute atomic E-state index is 11.8. The van der Waals surface area contributed by atoms with E-state index in [1.54, 1.807) is 30.0 Å². The molecule has 1 atom stereocenters. The summed E-state index contributed by atoms with van der Waals surface area (Å²) >= 11 is 0. The average molecular weight is 315 g/mol. The second-order valence-corrected chi connectivity index (χ2v) is 4.85. The van der Waals surface area contributed by atoms with E-state index in [-0.39, 0.29) is 28.9 Å². The van der Waals surface area contributed by atoms with E-state index in [0.717, 1.165) is 0 Å². The van der Waals surface area contributed by atoms with Crippen LogP contribution in [0, 0.1) is 10.1 Å². The molecule has 8 heteroatoms. The van der Waals surface area contributed by atoms with Crippen molar-refractivity contribution in [2.75, 3.05) is 31.1 Å². The number of carbonyl (C=O) groups is 1. The van der Waals surface area contributed by atoms with Gasteiger partial charge in [-0.05, 0) is 13.0 Å². The number of hydrogen-bond donors (Lipinski definition) is 1. The van der Waals surface area contributed by atoms with Crippen LogP contribution < -0.4 is 10.6 Å². The fraction of sp³-hybridized carbons (Fsp3) is 0.462. The molecule has 1 aromatic carbocycles. The number of rotatable bonds is 3. The maximum atomic E-state index is 11.8. The molecule has 1 heterocycles. The van der Waals surface area contributed by atoms with Gasteiger partial charge in [0, 0.05) is 32.2 Å². The monoisotopic (exact) mass is 314 g/mol. The molecule has 1 aromatic rings. The number of piperazine rings is 1. The minimum absolute atomic E-state index is 0. The first-order chi connectivity index (χ1) is 9.50. The minimum Gasteiger partial charge on any atom is -0.362 e. The number of nitrogens with two attached hydrogens (primary N) is 1. The van der Waals surface area contributed by atoms with Gasteiger partial charge in [0.2, 0.25) is 5.91 Å². The van der Waals surface area contributed by atoms with Crippen molar-refractivity contribution in [3.63, 3.8) is 0 Å². The number of hydrogen-bond acceptors (Lipinski definition) is 5. The first-order valence-electron chi connectivity index (χ1n) is 6.53. The van der Waals surface area contributed by atoms with E-state index in [0.29, 0.717) is 31.9 Å². The van der Waals surface area contributed by atoms with Crippen LogP contribution in [0.1, 0.15) is 6.92 Å². The Bertz CT molecular complexity index is 516. The van der Waals surface area contributed by atoms with Gasteiger partial charge < -0.3 is 15.5 Å². The molecule has 116 valence electrons. The van der Waals surface area contributed by atoms with Crippen molar-refractivity contribution in [2.45, 2.75) is 13.0 Å². The third-order valence-electron chi connectivity index (χ3n) is 3.40. The molecule has 0 aliphatic carbocycles.